The number of anilines is 1. The van der Waals surface area contributed by atoms with Crippen molar-refractivity contribution in [2.24, 2.45) is 0 Å². The molecule has 1 atom stereocenters. The van der Waals surface area contributed by atoms with E-state index in [9.17, 15) is 13.5 Å². The van der Waals surface area contributed by atoms with Crippen LogP contribution in [-0.4, -0.2) is 31.6 Å². The van der Waals surface area contributed by atoms with Crippen LogP contribution in [0.15, 0.2) is 24.3 Å². The van der Waals surface area contributed by atoms with Gasteiger partial charge in [-0.3, -0.25) is 4.72 Å². The molecule has 1 unspecified atom stereocenters. The largest absolute Gasteiger partial charge is 0.387 e. The second-order valence-electron chi connectivity index (χ2n) is 6.66. The van der Waals surface area contributed by atoms with Gasteiger partial charge >= 0.3 is 0 Å². The van der Waals surface area contributed by atoms with Crippen molar-refractivity contribution in [1.29, 1.82) is 0 Å². The maximum absolute atomic E-state index is 11.9. The van der Waals surface area contributed by atoms with E-state index >= 15 is 0 Å². The fourth-order valence-electron chi connectivity index (χ4n) is 1.82. The lowest BCUT2D eigenvalue weighted by molar-refractivity contribution is 0.171. The standard InChI is InChI=1S/C15H27N3O3S.BrH/c1-11(2)16-10-14(19)12-6-8-13(9-7-12)17-22(20,21)18-15(3,4)5;/h6-9,11,14,16-19H,10H2,1-5H3;1H. The van der Waals surface area contributed by atoms with Crippen molar-refractivity contribution in [2.75, 3.05) is 11.3 Å². The van der Waals surface area contributed by atoms with Crippen LogP contribution in [0, 0.1) is 0 Å². The van der Waals surface area contributed by atoms with Crippen molar-refractivity contribution in [3.05, 3.63) is 29.8 Å². The lowest BCUT2D eigenvalue weighted by Crippen LogP contribution is -2.43. The SMILES string of the molecule is Br.CC(C)NCC(O)c1ccc(NS(=O)(=O)NC(C)(C)C)cc1. The van der Waals surface area contributed by atoms with Gasteiger partial charge in [0.05, 0.1) is 6.10 Å². The molecule has 0 saturated carbocycles. The zero-order valence-corrected chi connectivity index (χ0v) is 16.8. The minimum Gasteiger partial charge on any atom is -0.387 e. The molecule has 8 heteroatoms. The summed E-state index contributed by atoms with van der Waals surface area (Å²) < 4.78 is 28.8. The Morgan fingerprint density at radius 2 is 1.65 bits per heavy atom. The van der Waals surface area contributed by atoms with E-state index in [1.807, 2.05) is 13.8 Å². The lowest BCUT2D eigenvalue weighted by atomic mass is 10.1. The molecule has 0 amide bonds. The van der Waals surface area contributed by atoms with Crippen LogP contribution in [0.2, 0.25) is 0 Å². The number of halogens is 1. The van der Waals surface area contributed by atoms with Gasteiger partial charge < -0.3 is 10.4 Å². The Labute approximate surface area is 150 Å². The van der Waals surface area contributed by atoms with Crippen molar-refractivity contribution in [1.82, 2.24) is 10.0 Å². The normalized spacial score (nSPS) is 13.5. The summed E-state index contributed by atoms with van der Waals surface area (Å²) >= 11 is 0. The Bertz CT molecular complexity index is 569. The molecule has 0 aliphatic heterocycles. The average molecular weight is 410 g/mol. The first kappa shape index (κ1) is 22.3. The molecule has 6 nitrogen and oxygen atoms in total. The van der Waals surface area contributed by atoms with Gasteiger partial charge in [-0.15, -0.1) is 17.0 Å². The summed E-state index contributed by atoms with van der Waals surface area (Å²) in [5, 5.41) is 13.2. The molecule has 0 heterocycles. The molecule has 0 radical (unpaired) electrons. The molecule has 0 fully saturated rings. The van der Waals surface area contributed by atoms with Gasteiger partial charge in [0, 0.05) is 23.8 Å². The topological polar surface area (TPSA) is 90.5 Å². The van der Waals surface area contributed by atoms with Gasteiger partial charge in [-0.2, -0.15) is 13.1 Å². The Kier molecular flexibility index (Phi) is 8.72. The van der Waals surface area contributed by atoms with E-state index in [1.165, 1.54) is 0 Å². The zero-order chi connectivity index (χ0) is 17.0. The fourth-order valence-corrected chi connectivity index (χ4v) is 3.13. The van der Waals surface area contributed by atoms with Gasteiger partial charge in [-0.05, 0) is 38.5 Å². The molecule has 0 aromatic heterocycles. The van der Waals surface area contributed by atoms with Crippen molar-refractivity contribution < 1.29 is 13.5 Å². The van der Waals surface area contributed by atoms with Gasteiger partial charge in [0.15, 0.2) is 0 Å². The Balaban J connectivity index is 0.00000484. The predicted molar refractivity (Wildman–Crippen MR) is 100 cm³/mol. The number of rotatable bonds is 7. The summed E-state index contributed by atoms with van der Waals surface area (Å²) in [5.41, 5.74) is 0.634. The van der Waals surface area contributed by atoms with Crippen molar-refractivity contribution in [3.63, 3.8) is 0 Å². The van der Waals surface area contributed by atoms with Crippen LogP contribution in [0.4, 0.5) is 5.69 Å². The first-order chi connectivity index (χ1) is 9.98. The van der Waals surface area contributed by atoms with Crippen molar-refractivity contribution >= 4 is 32.9 Å². The highest BCUT2D eigenvalue weighted by atomic mass is 79.9. The van der Waals surface area contributed by atoms with Crippen LogP contribution in [0.5, 0.6) is 0 Å². The molecular weight excluding hydrogens is 382 g/mol. The van der Waals surface area contributed by atoms with Crippen LogP contribution in [0.25, 0.3) is 0 Å². The molecule has 1 aromatic carbocycles. The minimum atomic E-state index is -3.62. The number of aliphatic hydroxyl groups excluding tert-OH is 1. The maximum atomic E-state index is 11.9. The van der Waals surface area contributed by atoms with E-state index < -0.39 is 21.9 Å². The van der Waals surface area contributed by atoms with E-state index in [0.29, 0.717) is 18.3 Å². The van der Waals surface area contributed by atoms with Crippen LogP contribution in [0.1, 0.15) is 46.3 Å². The third-order valence-electron chi connectivity index (χ3n) is 2.71. The van der Waals surface area contributed by atoms with Gasteiger partial charge in [-0.1, -0.05) is 26.0 Å². The summed E-state index contributed by atoms with van der Waals surface area (Å²) in [7, 11) is -3.62. The Hall–Kier alpha value is -0.670. The predicted octanol–water partition coefficient (Wildman–Crippen LogP) is 2.34. The second kappa shape index (κ2) is 8.98. The van der Waals surface area contributed by atoms with E-state index in [2.05, 4.69) is 14.8 Å². The van der Waals surface area contributed by atoms with Gasteiger partial charge in [-0.25, -0.2) is 0 Å². The average Bonchev–Trinajstić information content (AvgIpc) is 2.33. The highest BCUT2D eigenvalue weighted by molar-refractivity contribution is 8.93. The number of benzene rings is 1. The highest BCUT2D eigenvalue weighted by Crippen LogP contribution is 2.17. The van der Waals surface area contributed by atoms with Crippen LogP contribution in [-0.2, 0) is 10.2 Å². The smallest absolute Gasteiger partial charge is 0.299 e. The van der Waals surface area contributed by atoms with Crippen LogP contribution < -0.4 is 14.8 Å². The third-order valence-corrected chi connectivity index (χ3v) is 4.09. The summed E-state index contributed by atoms with van der Waals surface area (Å²) in [4.78, 5) is 0. The van der Waals surface area contributed by atoms with Crippen molar-refractivity contribution in [3.8, 4) is 0 Å². The molecule has 0 bridgehead atoms. The van der Waals surface area contributed by atoms with Crippen LogP contribution >= 0.6 is 17.0 Å². The van der Waals surface area contributed by atoms with E-state index in [0.717, 1.165) is 5.56 Å². The maximum Gasteiger partial charge on any atom is 0.299 e. The molecule has 134 valence electrons. The molecule has 0 spiro atoms. The van der Waals surface area contributed by atoms with E-state index in [-0.39, 0.29) is 17.0 Å². The molecule has 0 aliphatic rings. The number of hydrogen-bond donors (Lipinski definition) is 4. The molecule has 1 rings (SSSR count). The van der Waals surface area contributed by atoms with Gasteiger partial charge in [0.1, 0.15) is 0 Å². The summed E-state index contributed by atoms with van der Waals surface area (Å²) in [6.45, 7) is 9.78. The van der Waals surface area contributed by atoms with Gasteiger partial charge in [0.2, 0.25) is 0 Å². The van der Waals surface area contributed by atoms with E-state index in [1.54, 1.807) is 45.0 Å². The summed E-state index contributed by atoms with van der Waals surface area (Å²) in [6.07, 6.45) is -0.624. The first-order valence-electron chi connectivity index (χ1n) is 7.32. The zero-order valence-electron chi connectivity index (χ0n) is 14.3. The Morgan fingerprint density at radius 3 is 2.09 bits per heavy atom. The molecule has 4 N–H and O–H groups in total. The van der Waals surface area contributed by atoms with Crippen molar-refractivity contribution in [2.45, 2.75) is 52.3 Å². The minimum absolute atomic E-state index is 0. The lowest BCUT2D eigenvalue weighted by Gasteiger charge is -2.21. The van der Waals surface area contributed by atoms with E-state index in [4.69, 9.17) is 0 Å². The number of aliphatic hydroxyl groups is 1. The molecule has 0 aliphatic carbocycles. The number of hydrogen-bond acceptors (Lipinski definition) is 4. The molecule has 23 heavy (non-hydrogen) atoms. The second-order valence-corrected chi connectivity index (χ2v) is 8.07. The fraction of sp³-hybridized carbons (Fsp3) is 0.600. The quantitative estimate of drug-likeness (QED) is 0.556. The third kappa shape index (κ3) is 9.26. The summed E-state index contributed by atoms with van der Waals surface area (Å²) in [6, 6.07) is 6.98. The number of nitrogens with one attached hydrogen (secondary N) is 3. The molecule has 1 aromatic rings. The highest BCUT2D eigenvalue weighted by Gasteiger charge is 2.19. The molecule has 0 saturated heterocycles. The monoisotopic (exact) mass is 409 g/mol. The summed E-state index contributed by atoms with van der Waals surface area (Å²) in [5.74, 6) is 0. The first-order valence-corrected chi connectivity index (χ1v) is 8.80. The van der Waals surface area contributed by atoms with Gasteiger partial charge in [0.25, 0.3) is 10.2 Å². The van der Waals surface area contributed by atoms with Crippen LogP contribution in [0.3, 0.4) is 0 Å². The molecular formula is C15H28BrN3O3S. The Morgan fingerprint density at radius 1 is 1.13 bits per heavy atom.